The molecular formula is C21H25N3O3S. The maximum atomic E-state index is 13.0. The number of benzene rings is 2. The molecule has 0 radical (unpaired) electrons. The molecule has 2 N–H and O–H groups in total. The van der Waals surface area contributed by atoms with Crippen molar-refractivity contribution in [3.05, 3.63) is 48.7 Å². The first-order valence-corrected chi connectivity index (χ1v) is 10.8. The van der Waals surface area contributed by atoms with Crippen LogP contribution in [0.3, 0.4) is 0 Å². The molecule has 0 fully saturated rings. The number of hydrogen-bond donors (Lipinski definition) is 2. The lowest BCUT2D eigenvalue weighted by molar-refractivity contribution is 0.408. The molecule has 0 saturated carbocycles. The first-order chi connectivity index (χ1) is 13.1. The van der Waals surface area contributed by atoms with Gasteiger partial charge in [-0.05, 0) is 45.0 Å². The fourth-order valence-electron chi connectivity index (χ4n) is 2.57. The van der Waals surface area contributed by atoms with E-state index in [9.17, 15) is 9.32 Å². The number of nitrogens with zero attached hydrogens (tertiary/aromatic N) is 2. The third-order valence-corrected chi connectivity index (χ3v) is 7.38. The van der Waals surface area contributed by atoms with Crippen LogP contribution in [0.2, 0.25) is 0 Å². The van der Waals surface area contributed by atoms with Gasteiger partial charge in [0, 0.05) is 52.2 Å². The van der Waals surface area contributed by atoms with Crippen LogP contribution in [-0.2, 0) is 9.73 Å². The van der Waals surface area contributed by atoms with Gasteiger partial charge < -0.3 is 15.2 Å². The second-order valence-electron chi connectivity index (χ2n) is 7.61. The molecule has 0 aliphatic carbocycles. The largest absolute Gasteiger partial charge is 0.508 e. The third-order valence-electron chi connectivity index (χ3n) is 4.55. The Labute approximate surface area is 165 Å². The minimum atomic E-state index is -2.42. The molecule has 0 spiro atoms. The number of aromatic nitrogens is 1. The van der Waals surface area contributed by atoms with Gasteiger partial charge >= 0.3 is 0 Å². The summed E-state index contributed by atoms with van der Waals surface area (Å²) in [7, 11) is -0.874. The molecule has 0 saturated heterocycles. The Morgan fingerprint density at radius 2 is 1.89 bits per heavy atom. The average molecular weight is 400 g/mol. The van der Waals surface area contributed by atoms with Crippen molar-refractivity contribution in [1.29, 1.82) is 0 Å². The minimum Gasteiger partial charge on any atom is -0.508 e. The molecule has 3 rings (SSSR count). The van der Waals surface area contributed by atoms with E-state index in [4.69, 9.17) is 4.74 Å². The number of nitrogens with one attached hydrogen (secondary N) is 1. The van der Waals surface area contributed by atoms with E-state index in [0.29, 0.717) is 17.1 Å². The summed E-state index contributed by atoms with van der Waals surface area (Å²) < 4.78 is 22.2. The standard InChI is InChI=1S/C21H25N3O3S/c1-21(2,3)28(5,26)24-14-6-7-19-18(12-14)20(8-9-22-19)23-15-10-16(25)13-17(11-15)27-4/h6-13,25H,1-5H3,(H,22,23). The number of rotatable bonds is 4. The highest BCUT2D eigenvalue weighted by atomic mass is 32.2. The third kappa shape index (κ3) is 4.20. The smallest absolute Gasteiger partial charge is 0.124 e. The Bertz CT molecular complexity index is 1140. The van der Waals surface area contributed by atoms with E-state index in [1.165, 1.54) is 6.07 Å². The van der Waals surface area contributed by atoms with Crippen LogP contribution < -0.4 is 10.1 Å². The molecule has 1 atom stereocenters. The van der Waals surface area contributed by atoms with Crippen LogP contribution in [0.25, 0.3) is 10.9 Å². The van der Waals surface area contributed by atoms with E-state index >= 15 is 0 Å². The predicted octanol–water partition coefficient (Wildman–Crippen LogP) is 5.22. The lowest BCUT2D eigenvalue weighted by Gasteiger charge is -2.20. The van der Waals surface area contributed by atoms with Crippen LogP contribution in [-0.4, -0.2) is 32.4 Å². The monoisotopic (exact) mass is 399 g/mol. The average Bonchev–Trinajstić information content (AvgIpc) is 2.60. The number of pyridine rings is 1. The highest BCUT2D eigenvalue weighted by Crippen LogP contribution is 2.32. The normalized spacial score (nSPS) is 13.8. The predicted molar refractivity (Wildman–Crippen MR) is 116 cm³/mol. The maximum absolute atomic E-state index is 13.0. The first kappa shape index (κ1) is 19.9. The molecule has 3 aromatic rings. The summed E-state index contributed by atoms with van der Waals surface area (Å²) in [6.07, 6.45) is 3.39. The van der Waals surface area contributed by atoms with Crippen molar-refractivity contribution in [1.82, 2.24) is 4.98 Å². The fraction of sp³-hybridized carbons (Fsp3) is 0.286. The van der Waals surface area contributed by atoms with E-state index in [1.807, 2.05) is 45.0 Å². The SMILES string of the molecule is COc1cc(O)cc(Nc2ccnc3ccc(N=S(C)(=O)C(C)(C)C)cc23)c1. The number of aromatic hydroxyl groups is 1. The lowest BCUT2D eigenvalue weighted by Crippen LogP contribution is -2.25. The topological polar surface area (TPSA) is 83.8 Å². The van der Waals surface area contributed by atoms with Gasteiger partial charge in [0.15, 0.2) is 0 Å². The molecule has 0 bridgehead atoms. The molecule has 6 nitrogen and oxygen atoms in total. The molecule has 1 aromatic heterocycles. The van der Waals surface area contributed by atoms with Gasteiger partial charge in [0.05, 0.1) is 28.0 Å². The molecule has 28 heavy (non-hydrogen) atoms. The van der Waals surface area contributed by atoms with Crippen LogP contribution >= 0.6 is 0 Å². The molecule has 2 aromatic carbocycles. The van der Waals surface area contributed by atoms with Crippen molar-refractivity contribution in [2.75, 3.05) is 18.7 Å². The van der Waals surface area contributed by atoms with Crippen molar-refractivity contribution in [3.63, 3.8) is 0 Å². The summed E-state index contributed by atoms with van der Waals surface area (Å²) in [5.41, 5.74) is 2.91. The summed E-state index contributed by atoms with van der Waals surface area (Å²) >= 11 is 0. The maximum Gasteiger partial charge on any atom is 0.124 e. The number of ether oxygens (including phenoxy) is 1. The second kappa shape index (κ2) is 7.31. The Kier molecular flexibility index (Phi) is 5.21. The zero-order valence-corrected chi connectivity index (χ0v) is 17.5. The highest BCUT2D eigenvalue weighted by molar-refractivity contribution is 7.94. The van der Waals surface area contributed by atoms with Gasteiger partial charge in [-0.3, -0.25) is 4.98 Å². The van der Waals surface area contributed by atoms with Crippen molar-refractivity contribution < 1.29 is 14.1 Å². The second-order valence-corrected chi connectivity index (χ2v) is 10.6. The van der Waals surface area contributed by atoms with Gasteiger partial charge in [-0.1, -0.05) is 0 Å². The summed E-state index contributed by atoms with van der Waals surface area (Å²) in [5, 5.41) is 14.0. The molecule has 0 aliphatic heterocycles. The zero-order valence-electron chi connectivity index (χ0n) is 16.7. The van der Waals surface area contributed by atoms with Crippen molar-refractivity contribution in [3.8, 4) is 11.5 Å². The lowest BCUT2D eigenvalue weighted by atomic mass is 10.1. The fourth-order valence-corrected chi connectivity index (χ4v) is 3.36. The molecule has 1 heterocycles. The van der Waals surface area contributed by atoms with Gasteiger partial charge in [0.25, 0.3) is 0 Å². The van der Waals surface area contributed by atoms with E-state index in [-0.39, 0.29) is 5.75 Å². The number of phenolic OH excluding ortho intramolecular Hbond substituents is 1. The van der Waals surface area contributed by atoms with Crippen molar-refractivity contribution in [2.45, 2.75) is 25.5 Å². The van der Waals surface area contributed by atoms with Gasteiger partial charge in [-0.15, -0.1) is 0 Å². The van der Waals surface area contributed by atoms with Crippen LogP contribution in [0.4, 0.5) is 17.1 Å². The molecule has 148 valence electrons. The summed E-state index contributed by atoms with van der Waals surface area (Å²) in [4.78, 5) is 4.39. The zero-order chi connectivity index (χ0) is 20.5. The van der Waals surface area contributed by atoms with Crippen molar-refractivity contribution >= 4 is 37.7 Å². The summed E-state index contributed by atoms with van der Waals surface area (Å²) in [6, 6.07) is 12.3. The molecule has 0 amide bonds. The Balaban J connectivity index is 2.09. The molecular weight excluding hydrogens is 374 g/mol. The Morgan fingerprint density at radius 3 is 2.57 bits per heavy atom. The minimum absolute atomic E-state index is 0.104. The van der Waals surface area contributed by atoms with Crippen LogP contribution in [0.5, 0.6) is 11.5 Å². The van der Waals surface area contributed by atoms with Gasteiger partial charge in [0.1, 0.15) is 11.5 Å². The van der Waals surface area contributed by atoms with Crippen LogP contribution in [0.15, 0.2) is 53.0 Å². The van der Waals surface area contributed by atoms with E-state index in [0.717, 1.165) is 16.6 Å². The van der Waals surface area contributed by atoms with E-state index in [1.54, 1.807) is 31.7 Å². The number of hydrogen-bond acceptors (Lipinski definition) is 6. The number of phenols is 1. The number of fused-ring (bicyclic) bond motifs is 1. The van der Waals surface area contributed by atoms with Gasteiger partial charge in [-0.25, -0.2) is 4.21 Å². The molecule has 1 unspecified atom stereocenters. The number of methoxy groups -OCH3 is 1. The molecule has 0 aliphatic rings. The van der Waals surface area contributed by atoms with Crippen LogP contribution in [0, 0.1) is 0 Å². The van der Waals surface area contributed by atoms with Crippen LogP contribution in [0.1, 0.15) is 20.8 Å². The quantitative estimate of drug-likeness (QED) is 0.628. The Hall–Kier alpha value is -2.80. The summed E-state index contributed by atoms with van der Waals surface area (Å²) in [6.45, 7) is 5.76. The Morgan fingerprint density at radius 1 is 1.14 bits per heavy atom. The van der Waals surface area contributed by atoms with E-state index < -0.39 is 14.5 Å². The first-order valence-electron chi connectivity index (χ1n) is 8.85. The van der Waals surface area contributed by atoms with Gasteiger partial charge in [0.2, 0.25) is 0 Å². The molecule has 7 heteroatoms. The summed E-state index contributed by atoms with van der Waals surface area (Å²) in [5.74, 6) is 0.652. The van der Waals surface area contributed by atoms with E-state index in [2.05, 4.69) is 14.7 Å². The highest BCUT2D eigenvalue weighted by Gasteiger charge is 2.22. The number of anilines is 2. The van der Waals surface area contributed by atoms with Crippen molar-refractivity contribution in [2.24, 2.45) is 4.36 Å². The van der Waals surface area contributed by atoms with Gasteiger partial charge in [-0.2, -0.15) is 4.36 Å².